The molecular formula is C11H16FNO2S. The minimum atomic E-state index is -3.51. The van der Waals surface area contributed by atoms with Crippen LogP contribution in [0.4, 0.5) is 4.39 Å². The molecule has 0 saturated heterocycles. The van der Waals surface area contributed by atoms with E-state index in [1.165, 1.54) is 12.1 Å². The van der Waals surface area contributed by atoms with Crippen LogP contribution in [0.2, 0.25) is 0 Å². The highest BCUT2D eigenvalue weighted by Gasteiger charge is 2.17. The number of halogens is 1. The average molecular weight is 245 g/mol. The van der Waals surface area contributed by atoms with E-state index in [1.54, 1.807) is 6.07 Å². The van der Waals surface area contributed by atoms with E-state index in [1.807, 2.05) is 0 Å². The third-order valence-electron chi connectivity index (χ3n) is 2.32. The summed E-state index contributed by atoms with van der Waals surface area (Å²) in [6.45, 7) is 0.559. The summed E-state index contributed by atoms with van der Waals surface area (Å²) in [5, 5.41) is 0. The molecule has 0 amide bonds. The molecule has 5 heteroatoms. The Bertz CT molecular complexity index is 457. The van der Waals surface area contributed by atoms with Gasteiger partial charge >= 0.3 is 0 Å². The van der Waals surface area contributed by atoms with E-state index in [0.29, 0.717) is 18.5 Å². The van der Waals surface area contributed by atoms with Crippen LogP contribution in [0.1, 0.15) is 18.4 Å². The molecule has 0 atom stereocenters. The maximum Gasteiger partial charge on any atom is 0.178 e. The standard InChI is InChI=1S/C11H16FNO2S/c1-16(14,15)11-9(5-2-3-8-13)6-4-7-10(11)12/h4,6-7H,2-3,5,8,13H2,1H3. The Morgan fingerprint density at radius 3 is 2.56 bits per heavy atom. The summed E-state index contributed by atoms with van der Waals surface area (Å²) in [6.07, 6.45) is 3.14. The van der Waals surface area contributed by atoms with E-state index >= 15 is 0 Å². The van der Waals surface area contributed by atoms with Crippen molar-refractivity contribution in [3.63, 3.8) is 0 Å². The van der Waals surface area contributed by atoms with Crippen LogP contribution in [0.3, 0.4) is 0 Å². The SMILES string of the molecule is CS(=O)(=O)c1c(F)cccc1CCCCN. The molecule has 0 aliphatic heterocycles. The van der Waals surface area contributed by atoms with Crippen LogP contribution in [0.15, 0.2) is 23.1 Å². The smallest absolute Gasteiger partial charge is 0.178 e. The molecule has 0 aromatic heterocycles. The first-order valence-electron chi connectivity index (χ1n) is 5.14. The zero-order valence-electron chi connectivity index (χ0n) is 9.24. The van der Waals surface area contributed by atoms with E-state index in [0.717, 1.165) is 19.1 Å². The van der Waals surface area contributed by atoms with Gasteiger partial charge in [0.15, 0.2) is 9.84 Å². The highest BCUT2D eigenvalue weighted by atomic mass is 32.2. The van der Waals surface area contributed by atoms with Crippen molar-refractivity contribution in [3.05, 3.63) is 29.6 Å². The van der Waals surface area contributed by atoms with Gasteiger partial charge in [-0.15, -0.1) is 0 Å². The molecule has 1 aromatic carbocycles. The lowest BCUT2D eigenvalue weighted by atomic mass is 10.1. The average Bonchev–Trinajstić information content (AvgIpc) is 2.16. The number of hydrogen-bond donors (Lipinski definition) is 1. The highest BCUT2D eigenvalue weighted by Crippen LogP contribution is 2.21. The van der Waals surface area contributed by atoms with Crippen LogP contribution in [-0.2, 0) is 16.3 Å². The fourth-order valence-electron chi connectivity index (χ4n) is 1.63. The molecule has 90 valence electrons. The molecule has 0 aliphatic rings. The Morgan fingerprint density at radius 2 is 2.00 bits per heavy atom. The Balaban J connectivity index is 3.04. The number of benzene rings is 1. The molecule has 1 rings (SSSR count). The maximum absolute atomic E-state index is 13.5. The summed E-state index contributed by atoms with van der Waals surface area (Å²) < 4.78 is 36.3. The third-order valence-corrected chi connectivity index (χ3v) is 3.52. The number of sulfone groups is 1. The van der Waals surface area contributed by atoms with Gasteiger partial charge in [-0.2, -0.15) is 0 Å². The summed E-state index contributed by atoms with van der Waals surface area (Å²) in [6, 6.07) is 4.35. The van der Waals surface area contributed by atoms with Gasteiger partial charge in [0.05, 0.1) is 0 Å². The first kappa shape index (κ1) is 13.1. The van der Waals surface area contributed by atoms with Crippen molar-refractivity contribution in [2.45, 2.75) is 24.2 Å². The van der Waals surface area contributed by atoms with Crippen LogP contribution < -0.4 is 5.73 Å². The van der Waals surface area contributed by atoms with Crippen LogP contribution >= 0.6 is 0 Å². The molecule has 0 bridgehead atoms. The first-order valence-corrected chi connectivity index (χ1v) is 7.03. The lowest BCUT2D eigenvalue weighted by molar-refractivity contribution is 0.564. The van der Waals surface area contributed by atoms with E-state index in [-0.39, 0.29) is 4.90 Å². The lowest BCUT2D eigenvalue weighted by Gasteiger charge is -2.08. The molecule has 1 aromatic rings. The predicted molar refractivity (Wildman–Crippen MR) is 61.5 cm³/mol. The van der Waals surface area contributed by atoms with Gasteiger partial charge in [-0.1, -0.05) is 12.1 Å². The topological polar surface area (TPSA) is 60.2 Å². The number of hydrogen-bond acceptors (Lipinski definition) is 3. The molecule has 0 aliphatic carbocycles. The number of unbranched alkanes of at least 4 members (excludes halogenated alkanes) is 1. The first-order chi connectivity index (χ1) is 7.46. The second-order valence-electron chi connectivity index (χ2n) is 3.75. The summed E-state index contributed by atoms with van der Waals surface area (Å²) in [5.41, 5.74) is 5.89. The summed E-state index contributed by atoms with van der Waals surface area (Å²) >= 11 is 0. The monoisotopic (exact) mass is 245 g/mol. The molecule has 3 nitrogen and oxygen atoms in total. The second-order valence-corrected chi connectivity index (χ2v) is 5.70. The predicted octanol–water partition coefficient (Wildman–Crippen LogP) is 1.51. The van der Waals surface area contributed by atoms with Gasteiger partial charge in [0.2, 0.25) is 0 Å². The van der Waals surface area contributed by atoms with Gasteiger partial charge in [0.1, 0.15) is 10.7 Å². The van der Waals surface area contributed by atoms with Crippen molar-refractivity contribution in [2.24, 2.45) is 5.73 Å². The maximum atomic E-state index is 13.5. The van der Waals surface area contributed by atoms with E-state index < -0.39 is 15.7 Å². The molecule has 0 unspecified atom stereocenters. The Morgan fingerprint density at radius 1 is 1.31 bits per heavy atom. The zero-order chi connectivity index (χ0) is 12.2. The quantitative estimate of drug-likeness (QED) is 0.800. The molecular weight excluding hydrogens is 229 g/mol. The Labute approximate surface area is 95.4 Å². The highest BCUT2D eigenvalue weighted by molar-refractivity contribution is 7.90. The van der Waals surface area contributed by atoms with Crippen LogP contribution in [-0.4, -0.2) is 21.2 Å². The number of rotatable bonds is 5. The van der Waals surface area contributed by atoms with Gasteiger partial charge in [-0.25, -0.2) is 12.8 Å². The second kappa shape index (κ2) is 5.41. The lowest BCUT2D eigenvalue weighted by Crippen LogP contribution is -2.06. The summed E-state index contributed by atoms with van der Waals surface area (Å²) in [5.74, 6) is -0.673. The van der Waals surface area contributed by atoms with Gasteiger partial charge < -0.3 is 5.73 Å². The van der Waals surface area contributed by atoms with E-state index in [4.69, 9.17) is 5.73 Å². The fourth-order valence-corrected chi connectivity index (χ4v) is 2.69. The third kappa shape index (κ3) is 3.28. The van der Waals surface area contributed by atoms with Gasteiger partial charge in [-0.3, -0.25) is 0 Å². The molecule has 0 spiro atoms. The molecule has 0 heterocycles. The van der Waals surface area contributed by atoms with Crippen molar-refractivity contribution in [3.8, 4) is 0 Å². The molecule has 0 radical (unpaired) electrons. The molecule has 0 saturated carbocycles. The van der Waals surface area contributed by atoms with Crippen molar-refractivity contribution >= 4 is 9.84 Å². The number of nitrogens with two attached hydrogens (primary N) is 1. The van der Waals surface area contributed by atoms with Crippen LogP contribution in [0.25, 0.3) is 0 Å². The van der Waals surface area contributed by atoms with E-state index in [9.17, 15) is 12.8 Å². The summed E-state index contributed by atoms with van der Waals surface area (Å²) in [7, 11) is -3.51. The van der Waals surface area contributed by atoms with E-state index in [2.05, 4.69) is 0 Å². The van der Waals surface area contributed by atoms with Crippen molar-refractivity contribution in [1.82, 2.24) is 0 Å². The molecule has 2 N–H and O–H groups in total. The summed E-state index contributed by atoms with van der Waals surface area (Å²) in [4.78, 5) is -0.174. The van der Waals surface area contributed by atoms with Gasteiger partial charge in [-0.05, 0) is 37.4 Å². The zero-order valence-corrected chi connectivity index (χ0v) is 10.1. The fraction of sp³-hybridized carbons (Fsp3) is 0.455. The largest absolute Gasteiger partial charge is 0.330 e. The van der Waals surface area contributed by atoms with Crippen molar-refractivity contribution in [1.29, 1.82) is 0 Å². The van der Waals surface area contributed by atoms with Crippen molar-refractivity contribution in [2.75, 3.05) is 12.8 Å². The number of aryl methyl sites for hydroxylation is 1. The van der Waals surface area contributed by atoms with Crippen molar-refractivity contribution < 1.29 is 12.8 Å². The van der Waals surface area contributed by atoms with Crippen LogP contribution in [0, 0.1) is 5.82 Å². The van der Waals surface area contributed by atoms with Gasteiger partial charge in [0.25, 0.3) is 0 Å². The Hall–Kier alpha value is -0.940. The minimum absolute atomic E-state index is 0.174. The normalized spacial score (nSPS) is 11.7. The Kier molecular flexibility index (Phi) is 4.44. The van der Waals surface area contributed by atoms with Gasteiger partial charge in [0, 0.05) is 6.26 Å². The molecule has 16 heavy (non-hydrogen) atoms. The van der Waals surface area contributed by atoms with Crippen LogP contribution in [0.5, 0.6) is 0 Å². The minimum Gasteiger partial charge on any atom is -0.330 e. The molecule has 0 fully saturated rings.